The Kier molecular flexibility index (Phi) is 5.05. The van der Waals surface area contributed by atoms with Crippen LogP contribution in [0, 0.1) is 0 Å². The third kappa shape index (κ3) is 3.60. The Labute approximate surface area is 163 Å². The van der Waals surface area contributed by atoms with E-state index >= 15 is 0 Å². The zero-order chi connectivity index (χ0) is 19.9. The summed E-state index contributed by atoms with van der Waals surface area (Å²) in [5.41, 5.74) is 0.833. The molecule has 3 aliphatic heterocycles. The minimum Gasteiger partial charge on any atom is -0.497 e. The molecule has 1 N–H and O–H groups in total. The van der Waals surface area contributed by atoms with Crippen molar-refractivity contribution < 1.29 is 33.2 Å². The number of fused-ring (bicyclic) bond motifs is 1. The van der Waals surface area contributed by atoms with E-state index in [2.05, 4.69) is 5.32 Å². The number of benzene rings is 1. The minimum atomic E-state index is -0.740. The number of carbonyl (C=O) groups is 1. The topological polar surface area (TPSA) is 84.5 Å². The Balaban J connectivity index is 1.58. The maximum Gasteiger partial charge on any atom is 0.331 e. The lowest BCUT2D eigenvalue weighted by Crippen LogP contribution is -2.50. The predicted molar refractivity (Wildman–Crippen MR) is 98.9 cm³/mol. The first kappa shape index (κ1) is 19.2. The van der Waals surface area contributed by atoms with Gasteiger partial charge in [0.1, 0.15) is 30.2 Å². The molecule has 2 fully saturated rings. The van der Waals surface area contributed by atoms with Crippen molar-refractivity contribution in [3.8, 4) is 5.75 Å². The highest BCUT2D eigenvalue weighted by atomic mass is 16.8. The van der Waals surface area contributed by atoms with Crippen LogP contribution in [0.1, 0.15) is 13.8 Å². The number of methoxy groups -OCH3 is 2. The summed E-state index contributed by atoms with van der Waals surface area (Å²) in [7, 11) is 3.23. The van der Waals surface area contributed by atoms with E-state index in [0.717, 1.165) is 11.4 Å². The molecule has 8 heteroatoms. The molecule has 2 saturated heterocycles. The van der Waals surface area contributed by atoms with Crippen LogP contribution in [0.2, 0.25) is 0 Å². The van der Waals surface area contributed by atoms with Crippen LogP contribution in [0.25, 0.3) is 0 Å². The van der Waals surface area contributed by atoms with Gasteiger partial charge in [-0.1, -0.05) is 0 Å². The first-order valence-corrected chi connectivity index (χ1v) is 9.23. The molecule has 0 saturated carbocycles. The quantitative estimate of drug-likeness (QED) is 0.736. The van der Waals surface area contributed by atoms with Gasteiger partial charge in [-0.05, 0) is 44.2 Å². The Hall–Kier alpha value is -2.13. The second kappa shape index (κ2) is 7.36. The predicted octanol–water partition coefficient (Wildman–Crippen LogP) is 1.85. The molecule has 1 aromatic rings. The molecule has 0 aromatic heterocycles. The lowest BCUT2D eigenvalue weighted by Gasteiger charge is -2.33. The smallest absolute Gasteiger partial charge is 0.331 e. The molecule has 8 nitrogen and oxygen atoms in total. The summed E-state index contributed by atoms with van der Waals surface area (Å²) in [4.78, 5) is 11.7. The van der Waals surface area contributed by atoms with Crippen molar-refractivity contribution in [2.75, 3.05) is 19.5 Å². The number of hydrogen-bond donors (Lipinski definition) is 1. The molecule has 1 aromatic carbocycles. The number of esters is 1. The van der Waals surface area contributed by atoms with E-state index in [1.54, 1.807) is 20.3 Å². The first-order chi connectivity index (χ1) is 13.4. The zero-order valence-electron chi connectivity index (χ0n) is 16.3. The van der Waals surface area contributed by atoms with Crippen LogP contribution in [-0.2, 0) is 28.5 Å². The van der Waals surface area contributed by atoms with Gasteiger partial charge < -0.3 is 33.7 Å². The molecule has 3 aliphatic rings. The van der Waals surface area contributed by atoms with Crippen molar-refractivity contribution in [1.82, 2.24) is 0 Å². The number of hydrogen-bond acceptors (Lipinski definition) is 8. The second-order valence-corrected chi connectivity index (χ2v) is 7.43. The van der Waals surface area contributed by atoms with Gasteiger partial charge in [-0.25, -0.2) is 4.79 Å². The number of anilines is 1. The van der Waals surface area contributed by atoms with Gasteiger partial charge in [-0.3, -0.25) is 0 Å². The van der Waals surface area contributed by atoms with E-state index in [1.165, 1.54) is 6.08 Å². The fraction of sp³-hybridized carbons (Fsp3) is 0.550. The maximum absolute atomic E-state index is 11.7. The van der Waals surface area contributed by atoms with Gasteiger partial charge in [0, 0.05) is 18.9 Å². The summed E-state index contributed by atoms with van der Waals surface area (Å²) < 4.78 is 34.4. The lowest BCUT2D eigenvalue weighted by atomic mass is 9.98. The normalized spacial score (nSPS) is 34.1. The monoisotopic (exact) mass is 391 g/mol. The van der Waals surface area contributed by atoms with Crippen molar-refractivity contribution in [3.05, 3.63) is 36.4 Å². The van der Waals surface area contributed by atoms with Crippen LogP contribution in [0.3, 0.4) is 0 Å². The van der Waals surface area contributed by atoms with Crippen molar-refractivity contribution in [3.63, 3.8) is 0 Å². The molecule has 1 unspecified atom stereocenters. The fourth-order valence-electron chi connectivity index (χ4n) is 3.87. The van der Waals surface area contributed by atoms with Crippen LogP contribution < -0.4 is 10.1 Å². The summed E-state index contributed by atoms with van der Waals surface area (Å²) in [6, 6.07) is 7.08. The average molecular weight is 391 g/mol. The number of carbonyl (C=O) groups excluding carboxylic acids is 1. The van der Waals surface area contributed by atoms with Gasteiger partial charge in [-0.15, -0.1) is 0 Å². The van der Waals surface area contributed by atoms with Crippen LogP contribution in [0.5, 0.6) is 5.75 Å². The molecule has 0 aliphatic carbocycles. The molecule has 3 heterocycles. The molecular weight excluding hydrogens is 366 g/mol. The summed E-state index contributed by atoms with van der Waals surface area (Å²) in [5, 5.41) is 3.41. The van der Waals surface area contributed by atoms with Crippen LogP contribution in [-0.4, -0.2) is 62.7 Å². The second-order valence-electron chi connectivity index (χ2n) is 7.43. The third-order valence-corrected chi connectivity index (χ3v) is 5.10. The lowest BCUT2D eigenvalue weighted by molar-refractivity contribution is -0.220. The van der Waals surface area contributed by atoms with Gasteiger partial charge in [0.25, 0.3) is 0 Å². The van der Waals surface area contributed by atoms with Gasteiger partial charge in [0.2, 0.25) is 0 Å². The number of ether oxygens (including phenoxy) is 6. The molecule has 28 heavy (non-hydrogen) atoms. The Morgan fingerprint density at radius 2 is 1.89 bits per heavy atom. The molecule has 0 radical (unpaired) electrons. The summed E-state index contributed by atoms with van der Waals surface area (Å²) in [6.07, 6.45) is 0.857. The Morgan fingerprint density at radius 3 is 2.50 bits per heavy atom. The van der Waals surface area contributed by atoms with E-state index in [9.17, 15) is 4.79 Å². The van der Waals surface area contributed by atoms with E-state index in [-0.39, 0.29) is 12.1 Å². The molecule has 0 bridgehead atoms. The largest absolute Gasteiger partial charge is 0.497 e. The van der Waals surface area contributed by atoms with Gasteiger partial charge in [0.05, 0.1) is 13.2 Å². The number of cyclic esters (lactones) is 1. The summed E-state index contributed by atoms with van der Waals surface area (Å²) in [6.45, 7) is 3.68. The van der Waals surface area contributed by atoms with Gasteiger partial charge in [-0.2, -0.15) is 0 Å². The van der Waals surface area contributed by atoms with Crippen LogP contribution >= 0.6 is 0 Å². The molecule has 4 rings (SSSR count). The third-order valence-electron chi connectivity index (χ3n) is 5.10. The summed E-state index contributed by atoms with van der Waals surface area (Å²) >= 11 is 0. The average Bonchev–Trinajstić information content (AvgIpc) is 3.31. The molecule has 152 valence electrons. The van der Waals surface area contributed by atoms with Crippen molar-refractivity contribution >= 4 is 11.7 Å². The van der Waals surface area contributed by atoms with Gasteiger partial charge in [0.15, 0.2) is 12.1 Å². The fourth-order valence-corrected chi connectivity index (χ4v) is 3.87. The molecule has 6 atom stereocenters. The van der Waals surface area contributed by atoms with E-state index in [1.807, 2.05) is 38.1 Å². The van der Waals surface area contributed by atoms with E-state index in [4.69, 9.17) is 28.4 Å². The highest BCUT2D eigenvalue weighted by molar-refractivity contribution is 5.84. The van der Waals surface area contributed by atoms with E-state index < -0.39 is 36.4 Å². The van der Waals surface area contributed by atoms with Crippen molar-refractivity contribution in [2.24, 2.45) is 0 Å². The Morgan fingerprint density at radius 1 is 1.14 bits per heavy atom. The standard InChI is InChI=1S/C20H25NO7/c1-20(2)27-18-17(24-4)16(26-19(18)28-20)15(13-9-10-14(22)25-13)21-11-5-7-12(23-3)8-6-11/h5-10,13,15-19,21H,1-4H3/t13-,15?,16-,17+,18-,19-/m1/s1. The number of rotatable bonds is 6. The molecule has 0 spiro atoms. The van der Waals surface area contributed by atoms with Crippen molar-refractivity contribution in [2.45, 2.75) is 56.4 Å². The molecular formula is C20H25NO7. The van der Waals surface area contributed by atoms with Crippen LogP contribution in [0.4, 0.5) is 5.69 Å². The highest BCUT2D eigenvalue weighted by Crippen LogP contribution is 2.41. The first-order valence-electron chi connectivity index (χ1n) is 9.23. The van der Waals surface area contributed by atoms with Crippen molar-refractivity contribution in [1.29, 1.82) is 0 Å². The summed E-state index contributed by atoms with van der Waals surface area (Å²) in [5.74, 6) is -0.373. The highest BCUT2D eigenvalue weighted by Gasteiger charge is 2.58. The Bertz CT molecular complexity index is 747. The van der Waals surface area contributed by atoms with E-state index in [0.29, 0.717) is 0 Å². The number of nitrogens with one attached hydrogen (secondary N) is 1. The van der Waals surface area contributed by atoms with Gasteiger partial charge >= 0.3 is 5.97 Å². The maximum atomic E-state index is 11.7. The van der Waals surface area contributed by atoms with Crippen LogP contribution in [0.15, 0.2) is 36.4 Å². The zero-order valence-corrected chi connectivity index (χ0v) is 16.3. The molecule has 0 amide bonds. The SMILES string of the molecule is COc1ccc(NC([C@H]2O[C@@H]3OC(C)(C)O[C@@H]3[C@H]2OC)[C@H]2C=CC(=O)O2)cc1. The minimum absolute atomic E-state index is 0.369.